The Morgan fingerprint density at radius 1 is 1.59 bits per heavy atom. The van der Waals surface area contributed by atoms with E-state index in [9.17, 15) is 9.90 Å². The predicted molar refractivity (Wildman–Crippen MR) is 63.6 cm³/mol. The second-order valence-corrected chi connectivity index (χ2v) is 4.85. The first kappa shape index (κ1) is 12.8. The highest BCUT2D eigenvalue weighted by atomic mass is 16.5. The molecule has 5 heteroatoms. The summed E-state index contributed by atoms with van der Waals surface area (Å²) in [6.45, 7) is 4.72. The van der Waals surface area contributed by atoms with E-state index in [4.69, 9.17) is 4.74 Å². The lowest BCUT2D eigenvalue weighted by molar-refractivity contribution is -0.137. The van der Waals surface area contributed by atoms with Gasteiger partial charge in [0.15, 0.2) is 0 Å². The van der Waals surface area contributed by atoms with Crippen molar-refractivity contribution in [2.45, 2.75) is 44.4 Å². The number of nitrogens with zero attached hydrogens (tertiary/aromatic N) is 1. The first-order chi connectivity index (χ1) is 8.20. The number of amides is 1. The zero-order valence-electron chi connectivity index (χ0n) is 10.4. The third kappa shape index (κ3) is 3.18. The molecule has 5 nitrogen and oxygen atoms in total. The smallest absolute Gasteiger partial charge is 0.239 e. The van der Waals surface area contributed by atoms with Crippen LogP contribution < -0.4 is 5.32 Å². The zero-order chi connectivity index (χ0) is 12.3. The van der Waals surface area contributed by atoms with Gasteiger partial charge in [-0.05, 0) is 26.2 Å². The van der Waals surface area contributed by atoms with Crippen molar-refractivity contribution in [3.8, 4) is 0 Å². The summed E-state index contributed by atoms with van der Waals surface area (Å²) in [4.78, 5) is 14.1. The van der Waals surface area contributed by atoms with E-state index in [1.807, 2.05) is 11.8 Å². The van der Waals surface area contributed by atoms with Gasteiger partial charge in [0.25, 0.3) is 0 Å². The lowest BCUT2D eigenvalue weighted by atomic mass is 10.1. The van der Waals surface area contributed by atoms with Gasteiger partial charge < -0.3 is 20.1 Å². The highest BCUT2D eigenvalue weighted by Crippen LogP contribution is 2.16. The molecule has 0 aromatic carbocycles. The van der Waals surface area contributed by atoms with Gasteiger partial charge in [0.2, 0.25) is 5.91 Å². The molecule has 3 atom stereocenters. The fraction of sp³-hybridized carbons (Fsp3) is 0.917. The third-order valence-electron chi connectivity index (χ3n) is 3.50. The van der Waals surface area contributed by atoms with Crippen LogP contribution in [0.1, 0.15) is 26.2 Å². The molecule has 0 bridgehead atoms. The number of nitrogens with one attached hydrogen (secondary N) is 1. The van der Waals surface area contributed by atoms with Crippen LogP contribution in [0.5, 0.6) is 0 Å². The normalized spacial score (nSPS) is 34.0. The molecule has 17 heavy (non-hydrogen) atoms. The summed E-state index contributed by atoms with van der Waals surface area (Å²) in [7, 11) is 0. The van der Waals surface area contributed by atoms with Crippen LogP contribution in [0, 0.1) is 0 Å². The van der Waals surface area contributed by atoms with Gasteiger partial charge >= 0.3 is 0 Å². The molecule has 0 aromatic rings. The number of hydrogen-bond donors (Lipinski definition) is 2. The molecule has 0 unspecified atom stereocenters. The summed E-state index contributed by atoms with van der Waals surface area (Å²) in [6, 6.07) is -0.203. The molecule has 2 N–H and O–H groups in total. The molecular formula is C12H22N2O3. The fourth-order valence-electron chi connectivity index (χ4n) is 2.64. The number of rotatable bonds is 3. The Labute approximate surface area is 102 Å². The van der Waals surface area contributed by atoms with Gasteiger partial charge in [-0.3, -0.25) is 4.79 Å². The standard InChI is InChI=1S/C12H22N2O3/c1-2-17-10-4-3-5-14(8-10)12(16)11-6-9(15)7-13-11/h9-11,13,15H,2-8H2,1H3/t9-,10-,11-/m1/s1. The van der Waals surface area contributed by atoms with Gasteiger partial charge in [-0.2, -0.15) is 0 Å². The number of aliphatic hydroxyl groups is 1. The van der Waals surface area contributed by atoms with Gasteiger partial charge in [-0.1, -0.05) is 0 Å². The van der Waals surface area contributed by atoms with Crippen LogP contribution >= 0.6 is 0 Å². The summed E-state index contributed by atoms with van der Waals surface area (Å²) >= 11 is 0. The Balaban J connectivity index is 1.86. The minimum Gasteiger partial charge on any atom is -0.392 e. The van der Waals surface area contributed by atoms with E-state index in [0.29, 0.717) is 26.1 Å². The van der Waals surface area contributed by atoms with E-state index in [2.05, 4.69) is 5.32 Å². The van der Waals surface area contributed by atoms with Crippen molar-refractivity contribution in [2.24, 2.45) is 0 Å². The van der Waals surface area contributed by atoms with Crippen molar-refractivity contribution < 1.29 is 14.6 Å². The van der Waals surface area contributed by atoms with E-state index in [0.717, 1.165) is 19.4 Å². The number of piperidine rings is 1. The van der Waals surface area contributed by atoms with Crippen molar-refractivity contribution in [3.05, 3.63) is 0 Å². The highest BCUT2D eigenvalue weighted by Gasteiger charge is 2.33. The van der Waals surface area contributed by atoms with Crippen LogP contribution in [-0.2, 0) is 9.53 Å². The lowest BCUT2D eigenvalue weighted by Crippen LogP contribution is -2.49. The number of carbonyl (C=O) groups excluding carboxylic acids is 1. The van der Waals surface area contributed by atoms with Gasteiger partial charge in [0, 0.05) is 26.2 Å². The molecule has 0 saturated carbocycles. The van der Waals surface area contributed by atoms with Crippen LogP contribution in [0.2, 0.25) is 0 Å². The van der Waals surface area contributed by atoms with Crippen molar-refractivity contribution in [3.63, 3.8) is 0 Å². The van der Waals surface area contributed by atoms with Gasteiger partial charge in [-0.15, -0.1) is 0 Å². The molecule has 0 aliphatic carbocycles. The average Bonchev–Trinajstić information content (AvgIpc) is 2.76. The Kier molecular flexibility index (Phi) is 4.36. The van der Waals surface area contributed by atoms with Crippen LogP contribution in [0.4, 0.5) is 0 Å². The van der Waals surface area contributed by atoms with E-state index in [-0.39, 0.29) is 24.2 Å². The number of hydrogen-bond acceptors (Lipinski definition) is 4. The number of ether oxygens (including phenoxy) is 1. The Hall–Kier alpha value is -0.650. The Morgan fingerprint density at radius 2 is 2.41 bits per heavy atom. The van der Waals surface area contributed by atoms with Gasteiger partial charge in [0.1, 0.15) is 0 Å². The summed E-state index contributed by atoms with van der Waals surface area (Å²) in [5, 5.41) is 12.5. The van der Waals surface area contributed by atoms with Crippen molar-refractivity contribution >= 4 is 5.91 Å². The summed E-state index contributed by atoms with van der Waals surface area (Å²) in [6.07, 6.45) is 2.39. The van der Waals surface area contributed by atoms with E-state index in [1.54, 1.807) is 0 Å². The fourth-order valence-corrected chi connectivity index (χ4v) is 2.64. The molecule has 2 saturated heterocycles. The zero-order valence-corrected chi connectivity index (χ0v) is 10.4. The molecule has 1 amide bonds. The van der Waals surface area contributed by atoms with Crippen LogP contribution in [-0.4, -0.2) is 60.4 Å². The minimum atomic E-state index is -0.378. The van der Waals surface area contributed by atoms with Crippen molar-refractivity contribution in [2.75, 3.05) is 26.2 Å². The van der Waals surface area contributed by atoms with E-state index in [1.165, 1.54) is 0 Å². The molecule has 2 rings (SSSR count). The predicted octanol–water partition coefficient (Wildman–Crippen LogP) is -0.263. The van der Waals surface area contributed by atoms with Gasteiger partial charge in [-0.25, -0.2) is 0 Å². The van der Waals surface area contributed by atoms with E-state index < -0.39 is 0 Å². The van der Waals surface area contributed by atoms with Crippen LogP contribution in [0.25, 0.3) is 0 Å². The second-order valence-electron chi connectivity index (χ2n) is 4.85. The molecule has 0 spiro atoms. The number of aliphatic hydroxyl groups excluding tert-OH is 1. The maximum atomic E-state index is 12.2. The van der Waals surface area contributed by atoms with Gasteiger partial charge in [0.05, 0.1) is 18.2 Å². The molecular weight excluding hydrogens is 220 g/mol. The third-order valence-corrected chi connectivity index (χ3v) is 3.50. The Morgan fingerprint density at radius 3 is 3.06 bits per heavy atom. The van der Waals surface area contributed by atoms with Crippen molar-refractivity contribution in [1.29, 1.82) is 0 Å². The Bertz CT molecular complexity index is 270. The van der Waals surface area contributed by atoms with Crippen molar-refractivity contribution in [1.82, 2.24) is 10.2 Å². The number of likely N-dealkylation sites (tertiary alicyclic amines) is 1. The number of carbonyl (C=O) groups is 1. The summed E-state index contributed by atoms with van der Waals surface area (Å²) in [5.74, 6) is 0.117. The average molecular weight is 242 g/mol. The van der Waals surface area contributed by atoms with E-state index >= 15 is 0 Å². The van der Waals surface area contributed by atoms with Crippen LogP contribution in [0.15, 0.2) is 0 Å². The molecule has 2 aliphatic heterocycles. The maximum absolute atomic E-state index is 12.2. The summed E-state index contributed by atoms with van der Waals surface area (Å²) < 4.78 is 5.58. The van der Waals surface area contributed by atoms with Crippen LogP contribution in [0.3, 0.4) is 0 Å². The second kappa shape index (κ2) is 5.80. The topological polar surface area (TPSA) is 61.8 Å². The SMILES string of the molecule is CCO[C@@H]1CCCN(C(=O)[C@H]2C[C@@H](O)CN2)C1. The first-order valence-electron chi connectivity index (χ1n) is 6.52. The summed E-state index contributed by atoms with van der Waals surface area (Å²) in [5.41, 5.74) is 0. The molecule has 2 heterocycles. The highest BCUT2D eigenvalue weighted by molar-refractivity contribution is 5.82. The minimum absolute atomic E-state index is 0.117. The molecule has 0 aromatic heterocycles. The first-order valence-corrected chi connectivity index (χ1v) is 6.52. The molecule has 2 aliphatic rings. The monoisotopic (exact) mass is 242 g/mol. The lowest BCUT2D eigenvalue weighted by Gasteiger charge is -2.34. The maximum Gasteiger partial charge on any atom is 0.239 e. The molecule has 98 valence electrons. The molecule has 2 fully saturated rings. The molecule has 0 radical (unpaired) electrons. The largest absolute Gasteiger partial charge is 0.392 e. The number of β-amino-alcohol motifs (C(OH)–C–C–N with tert-alkyl or cyclic N) is 1. The quantitative estimate of drug-likeness (QED) is 0.715.